The van der Waals surface area contributed by atoms with Crippen LogP contribution in [0, 0.1) is 0 Å². The van der Waals surface area contributed by atoms with Crippen molar-refractivity contribution in [2.24, 2.45) is 0 Å². The molecule has 33 nitrogen and oxygen atoms in total. The molecule has 0 aliphatic heterocycles. The second kappa shape index (κ2) is 18.0. The number of aliphatic hydroxyl groups excluding tert-OH is 5. The van der Waals surface area contributed by atoms with E-state index in [-0.39, 0.29) is 0 Å². The summed E-state index contributed by atoms with van der Waals surface area (Å²) in [5, 5.41) is 46.1. The van der Waals surface area contributed by atoms with Crippen LogP contribution in [0.3, 0.4) is 0 Å². The third kappa shape index (κ3) is 17.8. The summed E-state index contributed by atoms with van der Waals surface area (Å²) in [6, 6.07) is 0. The molecule has 4 atom stereocenters. The topological polar surface area (TPSA) is 568 Å². The molecular weight excluding hydrogens is 889 g/mol. The van der Waals surface area contributed by atoms with E-state index in [0.717, 1.165) is 0 Å². The Hall–Kier alpha value is 0.570. The second-order valence-electron chi connectivity index (χ2n) is 9.88. The average Bonchev–Trinajstić information content (AvgIpc) is 2.86. The zero-order valence-electron chi connectivity index (χ0n) is 24.3. The van der Waals surface area contributed by atoms with E-state index in [1.54, 1.807) is 0 Å². The molecule has 19 N–H and O–H groups in total. The minimum atomic E-state index is -6.02. The predicted molar refractivity (Wildman–Crippen MR) is 148 cm³/mol. The van der Waals surface area contributed by atoms with E-state index in [4.69, 9.17) is 73.6 Å². The Bertz CT molecular complexity index is 1280. The van der Waals surface area contributed by atoms with E-state index in [1.165, 1.54) is 0 Å². The summed E-state index contributed by atoms with van der Waals surface area (Å²) < 4.78 is 108. The minimum absolute atomic E-state index is 1.83. The summed E-state index contributed by atoms with van der Waals surface area (Å²) in [4.78, 5) is 127. The monoisotopic (exact) mass is 920 g/mol. The Labute approximate surface area is 285 Å². The van der Waals surface area contributed by atoms with Gasteiger partial charge in [-0.25, -0.2) is 32.0 Å². The summed E-state index contributed by atoms with van der Waals surface area (Å²) >= 11 is 0. The Morgan fingerprint density at radius 3 is 0.481 bits per heavy atom. The van der Waals surface area contributed by atoms with Crippen LogP contribution < -0.4 is 0 Å². The van der Waals surface area contributed by atoms with Gasteiger partial charge < -0.3 is 94.0 Å². The molecule has 52 heavy (non-hydrogen) atoms. The summed E-state index contributed by atoms with van der Waals surface area (Å²) in [5.41, 5.74) is 0. The van der Waals surface area contributed by atoms with Crippen molar-refractivity contribution < 1.29 is 158 Å². The summed E-state index contributed by atoms with van der Waals surface area (Å²) in [5.74, 6) is 0. The van der Waals surface area contributed by atoms with E-state index >= 15 is 0 Å². The summed E-state index contributed by atoms with van der Waals surface area (Å²) in [6.45, 7) is 0. The lowest BCUT2D eigenvalue weighted by Gasteiger charge is -2.48. The maximum Gasteiger partial charge on any atom is 0.470 e. The third-order valence-electron chi connectivity index (χ3n) is 5.83. The predicted octanol–water partition coefficient (Wildman–Crippen LogP) is -6.85. The van der Waals surface area contributed by atoms with Crippen molar-refractivity contribution in [1.29, 1.82) is 0 Å². The largest absolute Gasteiger partial charge is 0.470 e. The Morgan fingerprint density at radius 1 is 0.231 bits per heavy atom. The Morgan fingerprint density at radius 2 is 0.346 bits per heavy atom. The SMILES string of the molecule is O=P(O)(O)OC1C(O)C(O)C(O)C(O)C1O.O=P(O)(O)OC1C(OP(=O)(O)O)C(OP(=O)(O)O)C(OP(=O)(O)O)C(OP(=O)(O)O)C1OP(=O)(O)O. The van der Waals surface area contributed by atoms with Crippen LogP contribution in [0.5, 0.6) is 0 Å². The zero-order valence-corrected chi connectivity index (χ0v) is 30.5. The van der Waals surface area contributed by atoms with Gasteiger partial charge in [0.15, 0.2) is 0 Å². The fourth-order valence-electron chi connectivity index (χ4n) is 4.27. The van der Waals surface area contributed by atoms with Crippen LogP contribution in [-0.2, 0) is 63.6 Å². The Balaban J connectivity index is 0.000000701. The van der Waals surface area contributed by atoms with Gasteiger partial charge in [0.1, 0.15) is 73.2 Å². The van der Waals surface area contributed by atoms with Crippen LogP contribution >= 0.6 is 54.8 Å². The molecule has 0 heterocycles. The first kappa shape index (κ1) is 50.6. The van der Waals surface area contributed by atoms with Crippen LogP contribution in [0.1, 0.15) is 0 Å². The van der Waals surface area contributed by atoms with Crippen molar-refractivity contribution in [1.82, 2.24) is 0 Å². The van der Waals surface area contributed by atoms with Crippen molar-refractivity contribution in [3.05, 3.63) is 0 Å². The standard InChI is InChI=1S/C6H18O24P6.C6H13O9P/c7-31(8,9)25-1-2(26-32(10,11)12)4(28-34(16,17)18)6(30-36(22,23)24)5(29-35(19,20)21)3(1)27-33(13,14)15;7-1-2(8)4(10)6(5(11)3(1)9)15-16(12,13)14/h1-6H,(H2,7,8,9)(H2,10,11,12)(H2,13,14,15)(H2,16,17,18)(H2,19,20,21)(H2,22,23,24);1-11H,(H2,12,13,14). The molecule has 0 aromatic carbocycles. The molecule has 2 saturated carbocycles. The highest BCUT2D eigenvalue weighted by Crippen LogP contribution is 2.57. The fraction of sp³-hybridized carbons (Fsp3) is 1.00. The van der Waals surface area contributed by atoms with Gasteiger partial charge in [0.05, 0.1) is 0 Å². The lowest BCUT2D eigenvalue weighted by atomic mass is 9.85. The molecule has 0 aromatic heterocycles. The van der Waals surface area contributed by atoms with Gasteiger partial charge in [0.25, 0.3) is 0 Å². The molecule has 2 aliphatic rings. The maximum absolute atomic E-state index is 11.4. The van der Waals surface area contributed by atoms with E-state index < -0.39 is 128 Å². The molecule has 2 aliphatic carbocycles. The highest BCUT2D eigenvalue weighted by molar-refractivity contribution is 7.48. The summed E-state index contributed by atoms with van der Waals surface area (Å²) in [6.07, 6.45) is -30.2. The number of hydrogen-bond donors (Lipinski definition) is 19. The van der Waals surface area contributed by atoms with Gasteiger partial charge in [-0.15, -0.1) is 0 Å². The van der Waals surface area contributed by atoms with Crippen LogP contribution in [-0.4, -0.2) is 167 Å². The van der Waals surface area contributed by atoms with E-state index in [1.807, 2.05) is 0 Å². The molecule has 4 unspecified atom stereocenters. The minimum Gasteiger partial charge on any atom is -0.387 e. The summed E-state index contributed by atoms with van der Waals surface area (Å²) in [7, 11) is -41.1. The number of aliphatic hydroxyl groups is 5. The third-order valence-corrected chi connectivity index (χ3v) is 9.46. The average molecular weight is 920 g/mol. The first-order chi connectivity index (χ1) is 22.7. The molecule has 40 heteroatoms. The molecule has 2 fully saturated rings. The normalized spacial score (nSPS) is 34.4. The molecule has 0 bridgehead atoms. The lowest BCUT2D eigenvalue weighted by Crippen LogP contribution is -2.66. The van der Waals surface area contributed by atoms with Crippen LogP contribution in [0.25, 0.3) is 0 Å². The Kier molecular flexibility index (Phi) is 17.5. The van der Waals surface area contributed by atoms with Crippen molar-refractivity contribution in [2.75, 3.05) is 0 Å². The van der Waals surface area contributed by atoms with Crippen molar-refractivity contribution in [3.8, 4) is 0 Å². The van der Waals surface area contributed by atoms with Crippen LogP contribution in [0.2, 0.25) is 0 Å². The second-order valence-corrected chi connectivity index (χ2v) is 18.2. The number of rotatable bonds is 14. The van der Waals surface area contributed by atoms with E-state index in [9.17, 15) is 52.4 Å². The van der Waals surface area contributed by atoms with Gasteiger partial charge >= 0.3 is 54.8 Å². The van der Waals surface area contributed by atoms with Crippen LogP contribution in [0.4, 0.5) is 0 Å². The van der Waals surface area contributed by atoms with Crippen molar-refractivity contribution >= 4 is 54.8 Å². The van der Waals surface area contributed by atoms with Crippen LogP contribution in [0.15, 0.2) is 0 Å². The van der Waals surface area contributed by atoms with Crippen molar-refractivity contribution in [3.63, 3.8) is 0 Å². The highest BCUT2D eigenvalue weighted by Gasteiger charge is 2.62. The smallest absolute Gasteiger partial charge is 0.387 e. The van der Waals surface area contributed by atoms with Gasteiger partial charge in [-0.2, -0.15) is 0 Å². The zero-order chi connectivity index (χ0) is 41.4. The first-order valence-corrected chi connectivity index (χ1v) is 23.0. The van der Waals surface area contributed by atoms with E-state index in [0.29, 0.717) is 0 Å². The number of phosphoric acid groups is 7. The molecule has 312 valence electrons. The highest BCUT2D eigenvalue weighted by atomic mass is 31.2. The molecule has 0 saturated heterocycles. The fourth-order valence-corrected chi connectivity index (χ4v) is 8.18. The molecule has 0 amide bonds. The molecule has 0 radical (unpaired) electrons. The molecular formula is C12H31O33P7. The molecule has 0 spiro atoms. The van der Waals surface area contributed by atoms with Gasteiger partial charge in [0, 0.05) is 0 Å². The molecule has 0 aromatic rings. The number of phosphoric ester groups is 7. The molecule has 2 rings (SSSR count). The van der Waals surface area contributed by atoms with Gasteiger partial charge in [-0.3, -0.25) is 31.7 Å². The first-order valence-electron chi connectivity index (χ1n) is 12.3. The van der Waals surface area contributed by atoms with Crippen molar-refractivity contribution in [2.45, 2.75) is 73.2 Å². The quantitative estimate of drug-likeness (QED) is 0.0720. The van der Waals surface area contributed by atoms with Gasteiger partial charge in [-0.05, 0) is 0 Å². The lowest BCUT2D eigenvalue weighted by molar-refractivity contribution is -0.219. The number of hydrogen-bond acceptors (Lipinski definition) is 19. The van der Waals surface area contributed by atoms with Gasteiger partial charge in [-0.1, -0.05) is 0 Å². The van der Waals surface area contributed by atoms with E-state index in [2.05, 4.69) is 31.7 Å². The maximum atomic E-state index is 11.4. The van der Waals surface area contributed by atoms with Gasteiger partial charge in [0.2, 0.25) is 0 Å².